The lowest BCUT2D eigenvalue weighted by Crippen LogP contribution is -2.37. The molecule has 3 N–H and O–H groups in total. The second-order valence-corrected chi connectivity index (χ2v) is 6.72. The molecule has 21 heavy (non-hydrogen) atoms. The zero-order chi connectivity index (χ0) is 14.4. The van der Waals surface area contributed by atoms with Crippen LogP contribution in [0, 0.1) is 5.41 Å². The molecule has 0 saturated heterocycles. The lowest BCUT2D eigenvalue weighted by atomic mass is 10.0. The third-order valence-electron chi connectivity index (χ3n) is 5.37. The topological polar surface area (TPSA) is 50.5 Å². The first-order valence-electron chi connectivity index (χ1n) is 7.86. The summed E-state index contributed by atoms with van der Waals surface area (Å²) >= 11 is 0. The van der Waals surface area contributed by atoms with Crippen molar-refractivity contribution < 1.29 is 4.74 Å². The van der Waals surface area contributed by atoms with E-state index in [4.69, 9.17) is 10.5 Å². The van der Waals surface area contributed by atoms with E-state index >= 15 is 0 Å². The molecular formula is C17H23N3O. The number of hydrogen-bond donors (Lipinski definition) is 2. The van der Waals surface area contributed by atoms with Gasteiger partial charge in [0.1, 0.15) is 5.75 Å². The minimum Gasteiger partial charge on any atom is -0.494 e. The van der Waals surface area contributed by atoms with Gasteiger partial charge in [-0.2, -0.15) is 0 Å². The molecule has 4 nitrogen and oxygen atoms in total. The lowest BCUT2D eigenvalue weighted by Gasteiger charge is -2.23. The summed E-state index contributed by atoms with van der Waals surface area (Å²) in [5.74, 6) is 0.789. The second kappa shape index (κ2) is 4.67. The molecule has 3 aliphatic rings. The highest BCUT2D eigenvalue weighted by Crippen LogP contribution is 2.58. The summed E-state index contributed by atoms with van der Waals surface area (Å²) in [4.78, 5) is 0. The zero-order valence-corrected chi connectivity index (χ0v) is 12.6. The third kappa shape index (κ3) is 2.18. The van der Waals surface area contributed by atoms with Crippen molar-refractivity contribution in [2.75, 3.05) is 19.4 Å². The highest BCUT2D eigenvalue weighted by Gasteiger charge is 2.49. The predicted octanol–water partition coefficient (Wildman–Crippen LogP) is 2.77. The van der Waals surface area contributed by atoms with Crippen molar-refractivity contribution in [1.29, 1.82) is 0 Å². The monoisotopic (exact) mass is 285 g/mol. The molecule has 1 atom stereocenters. The molecular weight excluding hydrogens is 262 g/mol. The molecule has 1 unspecified atom stereocenters. The van der Waals surface area contributed by atoms with Crippen LogP contribution >= 0.6 is 0 Å². The Bertz CT molecular complexity index is 592. The molecule has 1 heterocycles. The zero-order valence-electron chi connectivity index (χ0n) is 12.6. The van der Waals surface area contributed by atoms with Crippen molar-refractivity contribution in [3.8, 4) is 5.75 Å². The van der Waals surface area contributed by atoms with Gasteiger partial charge in [0.25, 0.3) is 0 Å². The Labute approximate surface area is 125 Å². The average Bonchev–Trinajstić information content (AvgIpc) is 2.88. The number of benzene rings is 1. The van der Waals surface area contributed by atoms with Gasteiger partial charge in [-0.3, -0.25) is 0 Å². The lowest BCUT2D eigenvalue weighted by molar-refractivity contribution is 0.217. The molecule has 4 heteroatoms. The molecule has 2 aliphatic carbocycles. The maximum Gasteiger partial charge on any atom is 0.149 e. The van der Waals surface area contributed by atoms with E-state index in [9.17, 15) is 0 Å². The van der Waals surface area contributed by atoms with Gasteiger partial charge in [-0.15, -0.1) is 0 Å². The van der Waals surface area contributed by atoms with Crippen LogP contribution in [0.15, 0.2) is 24.4 Å². The molecule has 4 rings (SSSR count). The molecule has 0 bridgehead atoms. The predicted molar refractivity (Wildman–Crippen MR) is 84.5 cm³/mol. The number of nitrogen functional groups attached to an aromatic ring is 1. The number of nitrogens with zero attached hydrogens (tertiary/aromatic N) is 1. The van der Waals surface area contributed by atoms with Crippen LogP contribution in [0.3, 0.4) is 0 Å². The fourth-order valence-corrected chi connectivity index (χ4v) is 3.92. The third-order valence-corrected chi connectivity index (χ3v) is 5.37. The number of nitrogens with two attached hydrogens (primary N) is 1. The van der Waals surface area contributed by atoms with Crippen molar-refractivity contribution in [1.82, 2.24) is 10.4 Å². The molecule has 2 fully saturated rings. The quantitative estimate of drug-likeness (QED) is 0.839. The van der Waals surface area contributed by atoms with Crippen LogP contribution in [0.25, 0.3) is 5.57 Å². The summed E-state index contributed by atoms with van der Waals surface area (Å²) in [6.07, 6.45) is 9.20. The van der Waals surface area contributed by atoms with Gasteiger partial charge in [-0.05, 0) is 49.2 Å². The van der Waals surface area contributed by atoms with E-state index in [0.717, 1.165) is 17.9 Å². The van der Waals surface area contributed by atoms with Crippen LogP contribution in [-0.2, 0) is 0 Å². The summed E-state index contributed by atoms with van der Waals surface area (Å²) in [5.41, 5.74) is 13.3. The van der Waals surface area contributed by atoms with Crippen LogP contribution in [0.2, 0.25) is 0 Å². The second-order valence-electron chi connectivity index (χ2n) is 6.72. The number of methoxy groups -OCH3 is 1. The highest BCUT2D eigenvalue weighted by molar-refractivity contribution is 5.77. The van der Waals surface area contributed by atoms with Crippen LogP contribution < -0.4 is 15.9 Å². The van der Waals surface area contributed by atoms with E-state index in [1.54, 1.807) is 7.11 Å². The van der Waals surface area contributed by atoms with E-state index in [1.807, 2.05) is 12.1 Å². The highest BCUT2D eigenvalue weighted by atomic mass is 16.5. The molecule has 2 saturated carbocycles. The number of rotatable bonds is 3. The smallest absolute Gasteiger partial charge is 0.149 e. The normalized spacial score (nSPS) is 26.2. The van der Waals surface area contributed by atoms with Crippen LogP contribution in [0.4, 0.5) is 5.69 Å². The van der Waals surface area contributed by atoms with Gasteiger partial charge in [0.2, 0.25) is 0 Å². The fourth-order valence-electron chi connectivity index (χ4n) is 3.92. The van der Waals surface area contributed by atoms with E-state index in [1.165, 1.54) is 37.7 Å². The van der Waals surface area contributed by atoms with E-state index < -0.39 is 0 Å². The first kappa shape index (κ1) is 13.0. The Morgan fingerprint density at radius 3 is 2.90 bits per heavy atom. The summed E-state index contributed by atoms with van der Waals surface area (Å²) < 4.78 is 5.48. The summed E-state index contributed by atoms with van der Waals surface area (Å²) in [7, 11) is 1.68. The van der Waals surface area contributed by atoms with Gasteiger partial charge in [-0.25, -0.2) is 5.43 Å². The van der Waals surface area contributed by atoms with Gasteiger partial charge in [-0.1, -0.05) is 12.1 Å². The first-order valence-corrected chi connectivity index (χ1v) is 7.86. The summed E-state index contributed by atoms with van der Waals surface area (Å²) in [6.45, 7) is 0.851. The van der Waals surface area contributed by atoms with E-state index in [-0.39, 0.29) is 0 Å². The fraction of sp³-hybridized carbons (Fsp3) is 0.529. The van der Waals surface area contributed by atoms with E-state index in [2.05, 4.69) is 22.7 Å². The Hall–Kier alpha value is -1.68. The van der Waals surface area contributed by atoms with Crippen molar-refractivity contribution in [2.45, 2.75) is 38.1 Å². The maximum absolute atomic E-state index is 6.01. The Morgan fingerprint density at radius 1 is 1.33 bits per heavy atom. The van der Waals surface area contributed by atoms with Gasteiger partial charge in [0, 0.05) is 24.4 Å². The SMILES string of the molecule is COc1c(N)cccc1C1=CN(C2CCC3(CC3)C2)NC1. The minimum absolute atomic E-state index is 0.650. The molecule has 0 radical (unpaired) electrons. The van der Waals surface area contributed by atoms with Crippen LogP contribution in [0.5, 0.6) is 5.75 Å². The average molecular weight is 285 g/mol. The largest absolute Gasteiger partial charge is 0.494 e. The number of hydrazine groups is 1. The molecule has 0 aromatic heterocycles. The van der Waals surface area contributed by atoms with Gasteiger partial charge < -0.3 is 15.5 Å². The molecule has 112 valence electrons. The number of nitrogens with one attached hydrogen (secondary N) is 1. The molecule has 1 aliphatic heterocycles. The number of hydrogen-bond acceptors (Lipinski definition) is 4. The molecule has 1 aromatic rings. The van der Waals surface area contributed by atoms with Crippen molar-refractivity contribution in [3.63, 3.8) is 0 Å². The van der Waals surface area contributed by atoms with E-state index in [0.29, 0.717) is 17.1 Å². The van der Waals surface area contributed by atoms with Crippen LogP contribution in [-0.4, -0.2) is 24.7 Å². The standard InChI is InChI=1S/C17H23N3O/c1-21-16-14(3-2-4-15(16)18)12-10-19-20(11-12)13-5-6-17(9-13)7-8-17/h2-4,11,13,19H,5-10,18H2,1H3. The van der Waals surface area contributed by atoms with Gasteiger partial charge in [0.15, 0.2) is 0 Å². The number of ether oxygens (including phenoxy) is 1. The summed E-state index contributed by atoms with van der Waals surface area (Å²) in [6, 6.07) is 6.61. The Balaban J connectivity index is 1.57. The number of para-hydroxylation sites is 1. The van der Waals surface area contributed by atoms with Gasteiger partial charge in [0.05, 0.1) is 12.8 Å². The molecule has 1 aromatic carbocycles. The minimum atomic E-state index is 0.650. The van der Waals surface area contributed by atoms with Crippen LogP contribution in [0.1, 0.15) is 37.7 Å². The van der Waals surface area contributed by atoms with Crippen molar-refractivity contribution in [2.24, 2.45) is 5.41 Å². The van der Waals surface area contributed by atoms with Crippen molar-refractivity contribution >= 4 is 11.3 Å². The van der Waals surface area contributed by atoms with Crippen molar-refractivity contribution in [3.05, 3.63) is 30.0 Å². The molecule has 1 spiro atoms. The molecule has 0 amide bonds. The maximum atomic E-state index is 6.01. The first-order chi connectivity index (χ1) is 10.2. The Morgan fingerprint density at radius 2 is 2.19 bits per heavy atom. The Kier molecular flexibility index (Phi) is 2.89. The number of anilines is 1. The summed E-state index contributed by atoms with van der Waals surface area (Å²) in [5, 5.41) is 2.32. The van der Waals surface area contributed by atoms with Gasteiger partial charge >= 0.3 is 0 Å².